The lowest BCUT2D eigenvalue weighted by Gasteiger charge is -2.25. The molecule has 2 rings (SSSR count). The lowest BCUT2D eigenvalue weighted by Crippen LogP contribution is -2.33. The normalized spacial score (nSPS) is 24.9. The zero-order valence-corrected chi connectivity index (χ0v) is 10.3. The Morgan fingerprint density at radius 3 is 2.44 bits per heavy atom. The van der Waals surface area contributed by atoms with Gasteiger partial charge < -0.3 is 10.5 Å². The largest absolute Gasteiger partial charge is 0.381 e. The summed E-state index contributed by atoms with van der Waals surface area (Å²) in [5.74, 6) is 0. The van der Waals surface area contributed by atoms with Crippen molar-refractivity contribution in [1.82, 2.24) is 0 Å². The lowest BCUT2D eigenvalue weighted by molar-refractivity contribution is 0.154. The van der Waals surface area contributed by atoms with Gasteiger partial charge in [-0.1, -0.05) is 29.3 Å². The van der Waals surface area contributed by atoms with Gasteiger partial charge >= 0.3 is 0 Å². The SMILES string of the molecule is Cc1cc(C)cc(CC2(CN)CCOC2)c1. The first-order chi connectivity index (χ1) is 7.63. The molecule has 1 fully saturated rings. The molecule has 1 aromatic rings. The quantitative estimate of drug-likeness (QED) is 0.846. The molecule has 1 unspecified atom stereocenters. The van der Waals surface area contributed by atoms with Crippen LogP contribution in [0.3, 0.4) is 0 Å². The van der Waals surface area contributed by atoms with Crippen LogP contribution in [0.1, 0.15) is 23.1 Å². The van der Waals surface area contributed by atoms with Crippen LogP contribution in [0, 0.1) is 19.3 Å². The van der Waals surface area contributed by atoms with Gasteiger partial charge in [-0.2, -0.15) is 0 Å². The predicted octanol–water partition coefficient (Wildman–Crippen LogP) is 2.21. The van der Waals surface area contributed by atoms with Gasteiger partial charge in [0.05, 0.1) is 6.61 Å². The van der Waals surface area contributed by atoms with Crippen LogP contribution in [0.5, 0.6) is 0 Å². The van der Waals surface area contributed by atoms with Crippen molar-refractivity contribution < 1.29 is 4.74 Å². The van der Waals surface area contributed by atoms with Crippen LogP contribution in [0.2, 0.25) is 0 Å². The van der Waals surface area contributed by atoms with Crippen LogP contribution in [0.15, 0.2) is 18.2 Å². The van der Waals surface area contributed by atoms with E-state index in [2.05, 4.69) is 32.0 Å². The first-order valence-corrected chi connectivity index (χ1v) is 5.99. The summed E-state index contributed by atoms with van der Waals surface area (Å²) < 4.78 is 5.50. The van der Waals surface area contributed by atoms with E-state index in [-0.39, 0.29) is 5.41 Å². The second-order valence-corrected chi connectivity index (χ2v) is 5.18. The molecule has 2 nitrogen and oxygen atoms in total. The number of nitrogens with two attached hydrogens (primary N) is 1. The van der Waals surface area contributed by atoms with E-state index < -0.39 is 0 Å². The summed E-state index contributed by atoms with van der Waals surface area (Å²) in [6.07, 6.45) is 2.14. The van der Waals surface area contributed by atoms with Crippen molar-refractivity contribution in [2.75, 3.05) is 19.8 Å². The van der Waals surface area contributed by atoms with E-state index in [1.807, 2.05) is 0 Å². The van der Waals surface area contributed by atoms with Crippen molar-refractivity contribution in [3.63, 3.8) is 0 Å². The molecule has 0 bridgehead atoms. The molecule has 0 aliphatic carbocycles. The highest BCUT2D eigenvalue weighted by atomic mass is 16.5. The lowest BCUT2D eigenvalue weighted by atomic mass is 9.80. The minimum Gasteiger partial charge on any atom is -0.381 e. The van der Waals surface area contributed by atoms with Crippen LogP contribution in [-0.4, -0.2) is 19.8 Å². The molecule has 88 valence electrons. The first kappa shape index (κ1) is 11.6. The fourth-order valence-corrected chi connectivity index (χ4v) is 2.63. The number of aryl methyl sites for hydroxylation is 2. The molecule has 1 saturated heterocycles. The number of hydrogen-bond donors (Lipinski definition) is 1. The summed E-state index contributed by atoms with van der Waals surface area (Å²) in [6, 6.07) is 6.75. The predicted molar refractivity (Wildman–Crippen MR) is 66.5 cm³/mol. The molecule has 1 heterocycles. The minimum absolute atomic E-state index is 0.181. The molecule has 0 saturated carbocycles. The van der Waals surface area contributed by atoms with Gasteiger partial charge in [0.1, 0.15) is 0 Å². The summed E-state index contributed by atoms with van der Waals surface area (Å²) in [5, 5.41) is 0. The Morgan fingerprint density at radius 1 is 1.25 bits per heavy atom. The molecule has 0 aromatic heterocycles. The van der Waals surface area contributed by atoms with Crippen LogP contribution < -0.4 is 5.73 Å². The zero-order chi connectivity index (χ0) is 11.6. The highest BCUT2D eigenvalue weighted by molar-refractivity contribution is 5.29. The fourth-order valence-electron chi connectivity index (χ4n) is 2.63. The summed E-state index contributed by atoms with van der Waals surface area (Å²) in [5.41, 5.74) is 10.2. The van der Waals surface area contributed by atoms with Crippen molar-refractivity contribution in [3.8, 4) is 0 Å². The number of benzene rings is 1. The molecule has 0 amide bonds. The van der Waals surface area contributed by atoms with Gasteiger partial charge in [0.15, 0.2) is 0 Å². The average Bonchev–Trinajstić information content (AvgIpc) is 2.65. The number of rotatable bonds is 3. The monoisotopic (exact) mass is 219 g/mol. The molecule has 0 radical (unpaired) electrons. The van der Waals surface area contributed by atoms with Gasteiger partial charge in [-0.25, -0.2) is 0 Å². The zero-order valence-electron chi connectivity index (χ0n) is 10.3. The van der Waals surface area contributed by atoms with E-state index in [0.29, 0.717) is 0 Å². The van der Waals surface area contributed by atoms with Gasteiger partial charge in [0.2, 0.25) is 0 Å². The van der Waals surface area contributed by atoms with Crippen LogP contribution in [0.4, 0.5) is 0 Å². The highest BCUT2D eigenvalue weighted by Gasteiger charge is 2.33. The Morgan fingerprint density at radius 2 is 1.94 bits per heavy atom. The van der Waals surface area contributed by atoms with Crippen molar-refractivity contribution in [2.24, 2.45) is 11.1 Å². The standard InChI is InChI=1S/C14H21NO/c1-11-5-12(2)7-13(6-11)8-14(9-15)3-4-16-10-14/h5-7H,3-4,8-10,15H2,1-2H3. The summed E-state index contributed by atoms with van der Waals surface area (Å²) in [6.45, 7) is 6.70. The van der Waals surface area contributed by atoms with Gasteiger partial charge in [0.25, 0.3) is 0 Å². The number of hydrogen-bond acceptors (Lipinski definition) is 2. The van der Waals surface area contributed by atoms with E-state index in [1.54, 1.807) is 0 Å². The van der Waals surface area contributed by atoms with Crippen molar-refractivity contribution in [1.29, 1.82) is 0 Å². The Labute approximate surface area is 97.8 Å². The Bertz CT molecular complexity index is 347. The van der Waals surface area contributed by atoms with Gasteiger partial charge in [-0.05, 0) is 32.3 Å². The molecule has 1 aromatic carbocycles. The topological polar surface area (TPSA) is 35.2 Å². The van der Waals surface area contributed by atoms with Crippen LogP contribution in [-0.2, 0) is 11.2 Å². The van der Waals surface area contributed by atoms with Gasteiger partial charge in [-0.3, -0.25) is 0 Å². The molecule has 2 heteroatoms. The maximum absolute atomic E-state index is 5.91. The molecule has 2 N–H and O–H groups in total. The fraction of sp³-hybridized carbons (Fsp3) is 0.571. The Hall–Kier alpha value is -0.860. The maximum atomic E-state index is 5.91. The minimum atomic E-state index is 0.181. The summed E-state index contributed by atoms with van der Waals surface area (Å²) in [7, 11) is 0. The average molecular weight is 219 g/mol. The van der Waals surface area contributed by atoms with Gasteiger partial charge in [-0.15, -0.1) is 0 Å². The van der Waals surface area contributed by atoms with E-state index in [1.165, 1.54) is 16.7 Å². The number of ether oxygens (including phenoxy) is 1. The smallest absolute Gasteiger partial charge is 0.0538 e. The van der Waals surface area contributed by atoms with E-state index in [9.17, 15) is 0 Å². The van der Waals surface area contributed by atoms with Crippen molar-refractivity contribution >= 4 is 0 Å². The molecule has 1 atom stereocenters. The molecule has 1 aliphatic heterocycles. The van der Waals surface area contributed by atoms with Crippen LogP contribution >= 0.6 is 0 Å². The maximum Gasteiger partial charge on any atom is 0.0538 e. The molecular formula is C14H21NO. The molecular weight excluding hydrogens is 198 g/mol. The molecule has 0 spiro atoms. The molecule has 1 aliphatic rings. The third-order valence-corrected chi connectivity index (χ3v) is 3.48. The Balaban J connectivity index is 2.18. The van der Waals surface area contributed by atoms with E-state index in [4.69, 9.17) is 10.5 Å². The Kier molecular flexibility index (Phi) is 3.31. The summed E-state index contributed by atoms with van der Waals surface area (Å²) >= 11 is 0. The summed E-state index contributed by atoms with van der Waals surface area (Å²) in [4.78, 5) is 0. The second kappa shape index (κ2) is 4.56. The van der Waals surface area contributed by atoms with Crippen LogP contribution in [0.25, 0.3) is 0 Å². The van der Waals surface area contributed by atoms with E-state index >= 15 is 0 Å². The highest BCUT2D eigenvalue weighted by Crippen LogP contribution is 2.31. The molecule has 16 heavy (non-hydrogen) atoms. The third kappa shape index (κ3) is 2.45. The third-order valence-electron chi connectivity index (χ3n) is 3.48. The second-order valence-electron chi connectivity index (χ2n) is 5.18. The van der Waals surface area contributed by atoms with E-state index in [0.717, 1.165) is 32.6 Å². The van der Waals surface area contributed by atoms with Crippen molar-refractivity contribution in [3.05, 3.63) is 34.9 Å². The van der Waals surface area contributed by atoms with Gasteiger partial charge in [0, 0.05) is 18.6 Å². The first-order valence-electron chi connectivity index (χ1n) is 5.99. The van der Waals surface area contributed by atoms with Crippen molar-refractivity contribution in [2.45, 2.75) is 26.7 Å².